The van der Waals surface area contributed by atoms with Gasteiger partial charge in [-0.25, -0.2) is 0 Å². The van der Waals surface area contributed by atoms with Gasteiger partial charge in [-0.2, -0.15) is 5.10 Å². The van der Waals surface area contributed by atoms with Gasteiger partial charge in [-0.3, -0.25) is 14.3 Å². The Labute approximate surface area is 191 Å². The fourth-order valence-corrected chi connectivity index (χ4v) is 3.15. The van der Waals surface area contributed by atoms with Crippen LogP contribution in [-0.2, 0) is 20.1 Å². The SMILES string of the molecule is CCc1ccc(OCc2ccc(C(=O)Nc3cccc(NC(=O)c4ccn(C)n4)c3)o2)cc1. The van der Waals surface area contributed by atoms with Crippen LogP contribution in [0.3, 0.4) is 0 Å². The molecule has 4 rings (SSSR count). The zero-order valence-electron chi connectivity index (χ0n) is 18.4. The van der Waals surface area contributed by atoms with Crippen LogP contribution in [0.25, 0.3) is 0 Å². The molecule has 0 aliphatic rings. The van der Waals surface area contributed by atoms with Gasteiger partial charge in [0.25, 0.3) is 11.8 Å². The van der Waals surface area contributed by atoms with E-state index in [1.54, 1.807) is 60.4 Å². The number of aromatic nitrogens is 2. The van der Waals surface area contributed by atoms with Crippen LogP contribution in [-0.4, -0.2) is 21.6 Å². The van der Waals surface area contributed by atoms with E-state index in [9.17, 15) is 9.59 Å². The van der Waals surface area contributed by atoms with Crippen molar-refractivity contribution in [3.8, 4) is 5.75 Å². The summed E-state index contributed by atoms with van der Waals surface area (Å²) in [6.07, 6.45) is 2.66. The number of nitrogens with zero attached hydrogens (tertiary/aromatic N) is 2. The first kappa shape index (κ1) is 21.9. The lowest BCUT2D eigenvalue weighted by Gasteiger charge is -2.07. The highest BCUT2D eigenvalue weighted by molar-refractivity contribution is 6.04. The molecule has 0 bridgehead atoms. The molecular formula is C25H24N4O4. The molecule has 168 valence electrons. The van der Waals surface area contributed by atoms with E-state index in [-0.39, 0.29) is 18.3 Å². The van der Waals surface area contributed by atoms with Crippen molar-refractivity contribution in [2.24, 2.45) is 7.05 Å². The summed E-state index contributed by atoms with van der Waals surface area (Å²) >= 11 is 0. The van der Waals surface area contributed by atoms with Gasteiger partial charge in [0, 0.05) is 24.6 Å². The number of furan rings is 1. The van der Waals surface area contributed by atoms with Crippen molar-refractivity contribution in [2.75, 3.05) is 10.6 Å². The number of rotatable bonds is 8. The molecule has 8 heteroatoms. The average molecular weight is 444 g/mol. The van der Waals surface area contributed by atoms with Gasteiger partial charge in [-0.05, 0) is 60.5 Å². The van der Waals surface area contributed by atoms with E-state index in [2.05, 4.69) is 22.7 Å². The summed E-state index contributed by atoms with van der Waals surface area (Å²) in [5.41, 5.74) is 2.59. The Morgan fingerprint density at radius 1 is 0.970 bits per heavy atom. The molecule has 0 saturated heterocycles. The van der Waals surface area contributed by atoms with E-state index in [1.165, 1.54) is 5.56 Å². The summed E-state index contributed by atoms with van der Waals surface area (Å²) in [4.78, 5) is 24.9. The summed E-state index contributed by atoms with van der Waals surface area (Å²) in [5, 5.41) is 9.61. The van der Waals surface area contributed by atoms with Crippen LogP contribution in [0.4, 0.5) is 11.4 Å². The average Bonchev–Trinajstić information content (AvgIpc) is 3.47. The van der Waals surface area contributed by atoms with E-state index in [1.807, 2.05) is 24.3 Å². The Kier molecular flexibility index (Phi) is 6.54. The van der Waals surface area contributed by atoms with Crippen LogP contribution >= 0.6 is 0 Å². The number of aryl methyl sites for hydroxylation is 2. The van der Waals surface area contributed by atoms with Gasteiger partial charge < -0.3 is 19.8 Å². The molecule has 0 fully saturated rings. The van der Waals surface area contributed by atoms with Gasteiger partial charge in [-0.1, -0.05) is 25.1 Å². The van der Waals surface area contributed by atoms with Crippen LogP contribution < -0.4 is 15.4 Å². The number of hydrogen-bond acceptors (Lipinski definition) is 5. The molecular weight excluding hydrogens is 420 g/mol. The smallest absolute Gasteiger partial charge is 0.291 e. The van der Waals surface area contributed by atoms with Crippen LogP contribution in [0.15, 0.2) is 77.3 Å². The summed E-state index contributed by atoms with van der Waals surface area (Å²) in [6, 6.07) is 19.6. The minimum absolute atomic E-state index is 0.165. The molecule has 8 nitrogen and oxygen atoms in total. The normalized spacial score (nSPS) is 10.6. The number of amides is 2. The molecule has 0 unspecified atom stereocenters. The first-order chi connectivity index (χ1) is 16.0. The van der Waals surface area contributed by atoms with Crippen molar-refractivity contribution in [1.82, 2.24) is 9.78 Å². The van der Waals surface area contributed by atoms with Gasteiger partial charge in [0.2, 0.25) is 0 Å². The third-order valence-corrected chi connectivity index (χ3v) is 4.92. The molecule has 2 heterocycles. The molecule has 0 spiro atoms. The number of anilines is 2. The summed E-state index contributed by atoms with van der Waals surface area (Å²) in [6.45, 7) is 2.31. The zero-order valence-corrected chi connectivity index (χ0v) is 18.4. The molecule has 0 aliphatic carbocycles. The predicted molar refractivity (Wildman–Crippen MR) is 124 cm³/mol. The minimum atomic E-state index is -0.401. The molecule has 33 heavy (non-hydrogen) atoms. The standard InChI is InChI=1S/C25H24N4O4/c1-3-17-7-9-20(10-8-17)32-16-21-11-12-23(33-21)25(31)27-19-6-4-5-18(15-19)26-24(30)22-13-14-29(2)28-22/h4-15H,3,16H2,1-2H3,(H,26,30)(H,27,31). The number of carbonyl (C=O) groups excluding carboxylic acids is 2. The molecule has 2 N–H and O–H groups in total. The fraction of sp³-hybridized carbons (Fsp3) is 0.160. The van der Waals surface area contributed by atoms with Crippen molar-refractivity contribution in [1.29, 1.82) is 0 Å². The third kappa shape index (κ3) is 5.68. The number of ether oxygens (including phenoxy) is 1. The maximum atomic E-state index is 12.6. The van der Waals surface area contributed by atoms with Crippen molar-refractivity contribution in [3.05, 3.63) is 95.7 Å². The van der Waals surface area contributed by atoms with E-state index in [0.29, 0.717) is 22.8 Å². The van der Waals surface area contributed by atoms with Gasteiger partial charge in [0.1, 0.15) is 18.1 Å². The molecule has 2 aromatic carbocycles. The predicted octanol–water partition coefficient (Wildman–Crippen LogP) is 4.66. The van der Waals surface area contributed by atoms with E-state index >= 15 is 0 Å². The summed E-state index contributed by atoms with van der Waals surface area (Å²) < 4.78 is 12.9. The number of hydrogen-bond donors (Lipinski definition) is 2. The Hall–Kier alpha value is -4.33. The highest BCUT2D eigenvalue weighted by Gasteiger charge is 2.13. The Morgan fingerprint density at radius 3 is 2.36 bits per heavy atom. The molecule has 0 aliphatic heterocycles. The highest BCUT2D eigenvalue weighted by Crippen LogP contribution is 2.19. The second-order valence-corrected chi connectivity index (χ2v) is 7.42. The van der Waals surface area contributed by atoms with Crippen molar-refractivity contribution in [2.45, 2.75) is 20.0 Å². The van der Waals surface area contributed by atoms with Crippen molar-refractivity contribution >= 4 is 23.2 Å². The molecule has 0 radical (unpaired) electrons. The van der Waals surface area contributed by atoms with Crippen LogP contribution in [0.2, 0.25) is 0 Å². The zero-order chi connectivity index (χ0) is 23.2. The van der Waals surface area contributed by atoms with E-state index in [0.717, 1.165) is 12.2 Å². The topological polar surface area (TPSA) is 98.4 Å². The van der Waals surface area contributed by atoms with Gasteiger partial charge >= 0.3 is 0 Å². The van der Waals surface area contributed by atoms with Gasteiger partial charge in [0.15, 0.2) is 11.5 Å². The lowest BCUT2D eigenvalue weighted by molar-refractivity contribution is 0.0991. The van der Waals surface area contributed by atoms with Gasteiger partial charge in [-0.15, -0.1) is 0 Å². The third-order valence-electron chi connectivity index (χ3n) is 4.92. The van der Waals surface area contributed by atoms with E-state index in [4.69, 9.17) is 9.15 Å². The maximum absolute atomic E-state index is 12.6. The van der Waals surface area contributed by atoms with Crippen LogP contribution in [0.1, 0.15) is 39.3 Å². The van der Waals surface area contributed by atoms with Crippen LogP contribution in [0, 0.1) is 0 Å². The highest BCUT2D eigenvalue weighted by atomic mass is 16.5. The Balaban J connectivity index is 1.34. The quantitative estimate of drug-likeness (QED) is 0.412. The second-order valence-electron chi connectivity index (χ2n) is 7.42. The monoisotopic (exact) mass is 444 g/mol. The van der Waals surface area contributed by atoms with Crippen molar-refractivity contribution < 1.29 is 18.7 Å². The lowest BCUT2D eigenvalue weighted by atomic mass is 10.2. The Bertz CT molecular complexity index is 1260. The maximum Gasteiger partial charge on any atom is 0.291 e. The number of benzene rings is 2. The molecule has 0 atom stereocenters. The number of nitrogens with one attached hydrogen (secondary N) is 2. The molecule has 0 saturated carbocycles. The molecule has 2 aromatic heterocycles. The fourth-order valence-electron chi connectivity index (χ4n) is 3.15. The molecule has 2 amide bonds. The van der Waals surface area contributed by atoms with Gasteiger partial charge in [0.05, 0.1) is 0 Å². The first-order valence-corrected chi connectivity index (χ1v) is 10.5. The summed E-state index contributed by atoms with van der Waals surface area (Å²) in [5.74, 6) is 0.703. The largest absolute Gasteiger partial charge is 0.486 e. The molecule has 4 aromatic rings. The number of carbonyl (C=O) groups is 2. The van der Waals surface area contributed by atoms with E-state index < -0.39 is 5.91 Å². The van der Waals surface area contributed by atoms with Crippen LogP contribution in [0.5, 0.6) is 5.75 Å². The van der Waals surface area contributed by atoms with Crippen molar-refractivity contribution in [3.63, 3.8) is 0 Å². The summed E-state index contributed by atoms with van der Waals surface area (Å²) in [7, 11) is 1.74. The Morgan fingerprint density at radius 2 is 1.70 bits per heavy atom. The first-order valence-electron chi connectivity index (χ1n) is 10.5. The lowest BCUT2D eigenvalue weighted by Crippen LogP contribution is -2.14. The second kappa shape index (κ2) is 9.86. The minimum Gasteiger partial charge on any atom is -0.486 e.